The van der Waals surface area contributed by atoms with Crippen LogP contribution in [0.4, 0.5) is 5.00 Å². The van der Waals surface area contributed by atoms with Crippen molar-refractivity contribution in [2.75, 3.05) is 44.7 Å². The van der Waals surface area contributed by atoms with Gasteiger partial charge in [-0.2, -0.15) is 0 Å². The van der Waals surface area contributed by atoms with Gasteiger partial charge in [0, 0.05) is 26.2 Å². The largest absolute Gasteiger partial charge is 0.459 e. The van der Waals surface area contributed by atoms with Crippen LogP contribution in [0.5, 0.6) is 0 Å². The molecule has 1 aliphatic heterocycles. The predicted octanol–water partition coefficient (Wildman–Crippen LogP) is 1.96. The number of nitrogens with one attached hydrogen (secondary N) is 2. The number of furan rings is 1. The molecule has 25 heavy (non-hydrogen) atoms. The summed E-state index contributed by atoms with van der Waals surface area (Å²) in [5.41, 5.74) is 0.837. The van der Waals surface area contributed by atoms with E-state index in [4.69, 9.17) is 9.15 Å². The van der Waals surface area contributed by atoms with Gasteiger partial charge in [0.15, 0.2) is 5.76 Å². The normalized spacial score (nSPS) is 15.1. The number of ether oxygens (including phenoxy) is 1. The van der Waals surface area contributed by atoms with Gasteiger partial charge in [0.2, 0.25) is 0 Å². The Hall–Kier alpha value is -2.16. The molecule has 0 atom stereocenters. The van der Waals surface area contributed by atoms with Crippen LogP contribution >= 0.6 is 11.3 Å². The number of carbonyl (C=O) groups is 2. The molecule has 1 aliphatic rings. The van der Waals surface area contributed by atoms with Crippen LogP contribution in [0.25, 0.3) is 0 Å². The van der Waals surface area contributed by atoms with Gasteiger partial charge < -0.3 is 19.8 Å². The highest BCUT2D eigenvalue weighted by molar-refractivity contribution is 7.18. The number of thiophene rings is 1. The lowest BCUT2D eigenvalue weighted by molar-refractivity contribution is 0.0383. The van der Waals surface area contributed by atoms with Crippen molar-refractivity contribution in [3.05, 3.63) is 40.7 Å². The van der Waals surface area contributed by atoms with Crippen LogP contribution in [-0.4, -0.2) is 56.1 Å². The van der Waals surface area contributed by atoms with Crippen LogP contribution in [0.2, 0.25) is 0 Å². The summed E-state index contributed by atoms with van der Waals surface area (Å²) in [4.78, 5) is 27.2. The Morgan fingerprint density at radius 2 is 2.08 bits per heavy atom. The van der Waals surface area contributed by atoms with Crippen molar-refractivity contribution in [1.29, 1.82) is 0 Å². The zero-order valence-electron chi connectivity index (χ0n) is 14.0. The molecular formula is C17H21N3O4S. The fourth-order valence-electron chi connectivity index (χ4n) is 2.58. The number of amides is 2. The van der Waals surface area contributed by atoms with Gasteiger partial charge >= 0.3 is 0 Å². The van der Waals surface area contributed by atoms with Crippen molar-refractivity contribution in [3.8, 4) is 0 Å². The first-order valence-corrected chi connectivity index (χ1v) is 8.99. The maximum atomic E-state index is 12.4. The van der Waals surface area contributed by atoms with E-state index in [-0.39, 0.29) is 17.6 Å². The molecule has 0 radical (unpaired) electrons. The van der Waals surface area contributed by atoms with Gasteiger partial charge in [0.25, 0.3) is 11.8 Å². The average Bonchev–Trinajstić information content (AvgIpc) is 3.25. The summed E-state index contributed by atoms with van der Waals surface area (Å²) in [6.45, 7) is 6.54. The lowest BCUT2D eigenvalue weighted by Crippen LogP contribution is -2.41. The Kier molecular flexibility index (Phi) is 5.85. The minimum Gasteiger partial charge on any atom is -0.459 e. The molecule has 8 heteroatoms. The topological polar surface area (TPSA) is 83.8 Å². The van der Waals surface area contributed by atoms with Gasteiger partial charge in [-0.3, -0.25) is 14.5 Å². The van der Waals surface area contributed by atoms with Gasteiger partial charge in [-0.05, 0) is 30.7 Å². The van der Waals surface area contributed by atoms with Crippen LogP contribution in [-0.2, 0) is 4.74 Å². The minimum absolute atomic E-state index is 0.116. The zero-order valence-corrected chi connectivity index (χ0v) is 14.9. The molecule has 134 valence electrons. The number of hydrogen-bond acceptors (Lipinski definition) is 6. The van der Waals surface area contributed by atoms with Crippen LogP contribution < -0.4 is 10.6 Å². The molecule has 0 saturated carbocycles. The first-order valence-electron chi connectivity index (χ1n) is 8.17. The third-order valence-electron chi connectivity index (χ3n) is 3.92. The third-order valence-corrected chi connectivity index (χ3v) is 5.07. The molecule has 2 aromatic rings. The highest BCUT2D eigenvalue weighted by Gasteiger charge is 2.17. The van der Waals surface area contributed by atoms with Crippen molar-refractivity contribution >= 4 is 28.2 Å². The minimum atomic E-state index is -0.328. The first kappa shape index (κ1) is 17.7. The van der Waals surface area contributed by atoms with Crippen molar-refractivity contribution in [1.82, 2.24) is 10.2 Å². The van der Waals surface area contributed by atoms with E-state index in [1.807, 2.05) is 6.92 Å². The lowest BCUT2D eigenvalue weighted by atomic mass is 10.2. The van der Waals surface area contributed by atoms with E-state index in [9.17, 15) is 9.59 Å². The SMILES string of the molecule is Cc1cc(NC(=O)c2ccco2)sc1C(=O)NCCN1CCOCC1. The number of nitrogens with zero attached hydrogens (tertiary/aromatic N) is 1. The molecule has 0 unspecified atom stereocenters. The fourth-order valence-corrected chi connectivity index (χ4v) is 3.57. The molecule has 2 N–H and O–H groups in total. The maximum Gasteiger partial charge on any atom is 0.291 e. The van der Waals surface area contributed by atoms with Crippen LogP contribution in [0.15, 0.2) is 28.9 Å². The lowest BCUT2D eigenvalue weighted by Gasteiger charge is -2.26. The number of hydrogen-bond donors (Lipinski definition) is 2. The quantitative estimate of drug-likeness (QED) is 0.820. The van der Waals surface area contributed by atoms with Gasteiger partial charge in [-0.25, -0.2) is 0 Å². The average molecular weight is 363 g/mol. The van der Waals surface area contributed by atoms with E-state index < -0.39 is 0 Å². The highest BCUT2D eigenvalue weighted by Crippen LogP contribution is 2.27. The fraction of sp³-hybridized carbons (Fsp3) is 0.412. The van der Waals surface area contributed by atoms with E-state index in [2.05, 4.69) is 15.5 Å². The Morgan fingerprint density at radius 1 is 1.28 bits per heavy atom. The Labute approximate surface area is 149 Å². The van der Waals surface area contributed by atoms with Gasteiger partial charge in [-0.1, -0.05) is 0 Å². The molecule has 0 aliphatic carbocycles. The number of morpholine rings is 1. The highest BCUT2D eigenvalue weighted by atomic mass is 32.1. The molecule has 1 saturated heterocycles. The van der Waals surface area contributed by atoms with Crippen molar-refractivity contribution in [2.45, 2.75) is 6.92 Å². The van der Waals surface area contributed by atoms with Crippen molar-refractivity contribution < 1.29 is 18.7 Å². The summed E-state index contributed by atoms with van der Waals surface area (Å²) >= 11 is 1.26. The van der Waals surface area contributed by atoms with Gasteiger partial charge in [-0.15, -0.1) is 11.3 Å². The maximum absolute atomic E-state index is 12.4. The zero-order chi connectivity index (χ0) is 17.6. The molecule has 2 aromatic heterocycles. The summed E-state index contributed by atoms with van der Waals surface area (Å²) in [7, 11) is 0. The number of rotatable bonds is 6. The summed E-state index contributed by atoms with van der Waals surface area (Å²) in [5.74, 6) is -0.206. The van der Waals surface area contributed by atoms with Crippen LogP contribution in [0.3, 0.4) is 0 Å². The number of carbonyl (C=O) groups excluding carboxylic acids is 2. The monoisotopic (exact) mass is 363 g/mol. The molecule has 2 amide bonds. The van der Waals surface area contributed by atoms with Crippen LogP contribution in [0.1, 0.15) is 25.8 Å². The molecular weight excluding hydrogens is 342 g/mol. The van der Waals surface area contributed by atoms with Gasteiger partial charge in [0.05, 0.1) is 29.4 Å². The van der Waals surface area contributed by atoms with Crippen molar-refractivity contribution in [2.24, 2.45) is 0 Å². The van der Waals surface area contributed by atoms with E-state index >= 15 is 0 Å². The van der Waals surface area contributed by atoms with Gasteiger partial charge in [0.1, 0.15) is 0 Å². The van der Waals surface area contributed by atoms with Crippen LogP contribution in [0, 0.1) is 6.92 Å². The number of anilines is 1. The molecule has 0 bridgehead atoms. The smallest absolute Gasteiger partial charge is 0.291 e. The van der Waals surface area contributed by atoms with E-state index in [1.54, 1.807) is 18.2 Å². The summed E-state index contributed by atoms with van der Waals surface area (Å²) in [5, 5.41) is 6.31. The summed E-state index contributed by atoms with van der Waals surface area (Å²) in [6, 6.07) is 5.04. The molecule has 0 spiro atoms. The molecule has 3 rings (SSSR count). The van der Waals surface area contributed by atoms with E-state index in [0.29, 0.717) is 16.4 Å². The Bertz CT molecular complexity index is 720. The molecule has 3 heterocycles. The Morgan fingerprint density at radius 3 is 2.80 bits per heavy atom. The van der Waals surface area contributed by atoms with Crippen molar-refractivity contribution in [3.63, 3.8) is 0 Å². The Balaban J connectivity index is 1.52. The second kappa shape index (κ2) is 8.28. The van der Waals surface area contributed by atoms with E-state index in [1.165, 1.54) is 17.6 Å². The third kappa shape index (κ3) is 4.68. The molecule has 1 fully saturated rings. The summed E-state index contributed by atoms with van der Waals surface area (Å²) < 4.78 is 10.4. The number of aryl methyl sites for hydroxylation is 1. The van der Waals surface area contributed by atoms with E-state index in [0.717, 1.165) is 38.4 Å². The molecule has 0 aromatic carbocycles. The first-order chi connectivity index (χ1) is 12.1. The predicted molar refractivity (Wildman–Crippen MR) is 95.3 cm³/mol. The second-order valence-electron chi connectivity index (χ2n) is 5.76. The second-order valence-corrected chi connectivity index (χ2v) is 6.82. The molecule has 7 nitrogen and oxygen atoms in total. The standard InChI is InChI=1S/C17H21N3O4S/c1-12-11-14(19-16(21)13-3-2-8-24-13)25-15(12)17(22)18-4-5-20-6-9-23-10-7-20/h2-3,8,11H,4-7,9-10H2,1H3,(H,18,22)(H,19,21). The summed E-state index contributed by atoms with van der Waals surface area (Å²) in [6.07, 6.45) is 1.45.